The predicted octanol–water partition coefficient (Wildman–Crippen LogP) is 0.823. The lowest BCUT2D eigenvalue weighted by Gasteiger charge is -2.12. The Morgan fingerprint density at radius 1 is 1.48 bits per heavy atom. The van der Waals surface area contributed by atoms with Crippen LogP contribution < -0.4 is 4.72 Å². The van der Waals surface area contributed by atoms with Crippen LogP contribution in [0.1, 0.15) is 16.8 Å². The molecule has 1 aromatic carbocycles. The lowest BCUT2D eigenvalue weighted by atomic mass is 10.2. The molecular formula is C12H16BrNO6S. The molecule has 0 bridgehead atoms. The van der Waals surface area contributed by atoms with Crippen molar-refractivity contribution in [2.45, 2.75) is 17.4 Å². The SMILES string of the molecule is COCC(O)CCNS(=O)(=O)c1cc(C(=O)O)ccc1Br. The van der Waals surface area contributed by atoms with E-state index in [0.29, 0.717) is 0 Å². The Morgan fingerprint density at radius 3 is 2.71 bits per heavy atom. The van der Waals surface area contributed by atoms with Crippen LogP contribution >= 0.6 is 15.9 Å². The molecule has 7 nitrogen and oxygen atoms in total. The van der Waals surface area contributed by atoms with Gasteiger partial charge in [-0.3, -0.25) is 0 Å². The molecule has 0 amide bonds. The van der Waals surface area contributed by atoms with Crippen LogP contribution in [0.2, 0.25) is 0 Å². The summed E-state index contributed by atoms with van der Waals surface area (Å²) in [6.07, 6.45) is -0.588. The number of hydrogen-bond acceptors (Lipinski definition) is 5. The highest BCUT2D eigenvalue weighted by Crippen LogP contribution is 2.23. The molecule has 0 aliphatic carbocycles. The van der Waals surface area contributed by atoms with Crippen molar-refractivity contribution in [1.82, 2.24) is 4.72 Å². The molecule has 0 fully saturated rings. The monoisotopic (exact) mass is 381 g/mol. The maximum absolute atomic E-state index is 12.1. The van der Waals surface area contributed by atoms with E-state index in [2.05, 4.69) is 20.7 Å². The molecule has 0 aliphatic heterocycles. The molecule has 1 rings (SSSR count). The second-order valence-corrected chi connectivity index (χ2v) is 6.84. The van der Waals surface area contributed by atoms with Crippen molar-refractivity contribution in [3.63, 3.8) is 0 Å². The summed E-state index contributed by atoms with van der Waals surface area (Å²) in [7, 11) is -2.44. The van der Waals surface area contributed by atoms with Crippen LogP contribution in [0.3, 0.4) is 0 Å². The van der Waals surface area contributed by atoms with Crippen molar-refractivity contribution < 1.29 is 28.2 Å². The zero-order valence-corrected chi connectivity index (χ0v) is 13.6. The second kappa shape index (κ2) is 7.85. The lowest BCUT2D eigenvalue weighted by Crippen LogP contribution is -2.29. The Morgan fingerprint density at radius 2 is 2.14 bits per heavy atom. The van der Waals surface area contributed by atoms with Gasteiger partial charge in [0.1, 0.15) is 0 Å². The standard InChI is InChI=1S/C12H16BrNO6S/c1-20-7-9(15)4-5-14-21(18,19)11-6-8(12(16)17)2-3-10(11)13/h2-3,6,9,14-15H,4-5,7H2,1H3,(H,16,17). The number of benzene rings is 1. The van der Waals surface area contributed by atoms with Crippen LogP contribution in [0.15, 0.2) is 27.6 Å². The summed E-state index contributed by atoms with van der Waals surface area (Å²) in [5.74, 6) is -1.21. The Labute approximate surface area is 131 Å². The molecule has 0 radical (unpaired) electrons. The average molecular weight is 382 g/mol. The number of ether oxygens (including phenoxy) is 1. The van der Waals surface area contributed by atoms with Crippen LogP contribution in [-0.2, 0) is 14.8 Å². The summed E-state index contributed by atoms with van der Waals surface area (Å²) in [5, 5.41) is 18.3. The third-order valence-electron chi connectivity index (χ3n) is 2.60. The lowest BCUT2D eigenvalue weighted by molar-refractivity contribution is 0.0603. The van der Waals surface area contributed by atoms with E-state index in [0.717, 1.165) is 6.07 Å². The zero-order valence-electron chi connectivity index (χ0n) is 11.2. The summed E-state index contributed by atoms with van der Waals surface area (Å²) in [5.41, 5.74) is -0.127. The van der Waals surface area contributed by atoms with Crippen molar-refractivity contribution in [2.24, 2.45) is 0 Å². The first-order chi connectivity index (χ1) is 9.77. The fraction of sp³-hybridized carbons (Fsp3) is 0.417. The smallest absolute Gasteiger partial charge is 0.335 e. The Kier molecular flexibility index (Phi) is 6.75. The van der Waals surface area contributed by atoms with Gasteiger partial charge in [0, 0.05) is 18.1 Å². The summed E-state index contributed by atoms with van der Waals surface area (Å²) in [6.45, 7) is 0.122. The van der Waals surface area contributed by atoms with E-state index in [9.17, 15) is 18.3 Å². The van der Waals surface area contributed by atoms with E-state index in [-0.39, 0.29) is 34.5 Å². The Hall–Kier alpha value is -1.00. The van der Waals surface area contributed by atoms with Crippen LogP contribution in [0, 0.1) is 0 Å². The van der Waals surface area contributed by atoms with Gasteiger partial charge in [-0.25, -0.2) is 17.9 Å². The fourth-order valence-corrected chi connectivity index (χ4v) is 3.59. The van der Waals surface area contributed by atoms with Crippen molar-refractivity contribution >= 4 is 31.9 Å². The number of carboxylic acids is 1. The van der Waals surface area contributed by atoms with E-state index >= 15 is 0 Å². The molecule has 1 atom stereocenters. The third kappa shape index (κ3) is 5.36. The molecule has 21 heavy (non-hydrogen) atoms. The molecule has 9 heteroatoms. The molecule has 3 N–H and O–H groups in total. The number of halogens is 1. The highest BCUT2D eigenvalue weighted by atomic mass is 79.9. The molecule has 0 aromatic heterocycles. The predicted molar refractivity (Wildman–Crippen MR) is 78.8 cm³/mol. The maximum Gasteiger partial charge on any atom is 0.335 e. The molecule has 1 unspecified atom stereocenters. The van der Waals surface area contributed by atoms with Gasteiger partial charge in [0.15, 0.2) is 0 Å². The van der Waals surface area contributed by atoms with E-state index in [1.807, 2.05) is 0 Å². The average Bonchev–Trinajstić information content (AvgIpc) is 2.38. The summed E-state index contributed by atoms with van der Waals surface area (Å²) in [4.78, 5) is 10.7. The van der Waals surface area contributed by atoms with Gasteiger partial charge in [0.2, 0.25) is 10.0 Å². The summed E-state index contributed by atoms with van der Waals surface area (Å²) >= 11 is 3.08. The molecule has 0 saturated heterocycles. The molecule has 1 aromatic rings. The largest absolute Gasteiger partial charge is 0.478 e. The number of methoxy groups -OCH3 is 1. The summed E-state index contributed by atoms with van der Waals surface area (Å²) in [6, 6.07) is 3.73. The number of aromatic carboxylic acids is 1. The van der Waals surface area contributed by atoms with Gasteiger partial charge in [-0.1, -0.05) is 0 Å². The van der Waals surface area contributed by atoms with Gasteiger partial charge in [-0.2, -0.15) is 0 Å². The van der Waals surface area contributed by atoms with Gasteiger partial charge in [0.25, 0.3) is 0 Å². The number of carboxylic acid groups (broad SMARTS) is 1. The first kappa shape index (κ1) is 18.1. The topological polar surface area (TPSA) is 113 Å². The number of rotatable bonds is 8. The minimum absolute atomic E-state index is 0.0105. The van der Waals surface area contributed by atoms with Gasteiger partial charge in [0.05, 0.1) is 23.2 Å². The van der Waals surface area contributed by atoms with Crippen LogP contribution in [0.4, 0.5) is 0 Å². The number of sulfonamides is 1. The van der Waals surface area contributed by atoms with E-state index < -0.39 is 22.1 Å². The van der Waals surface area contributed by atoms with Crippen molar-refractivity contribution in [3.8, 4) is 0 Å². The molecule has 118 valence electrons. The second-order valence-electron chi connectivity index (χ2n) is 4.25. The van der Waals surface area contributed by atoms with E-state index in [4.69, 9.17) is 9.84 Å². The van der Waals surface area contributed by atoms with Gasteiger partial charge < -0.3 is 14.9 Å². The quantitative estimate of drug-likeness (QED) is 0.614. The minimum atomic E-state index is -3.87. The first-order valence-corrected chi connectivity index (χ1v) is 8.25. The van der Waals surface area contributed by atoms with Gasteiger partial charge in [-0.05, 0) is 40.5 Å². The minimum Gasteiger partial charge on any atom is -0.478 e. The van der Waals surface area contributed by atoms with Crippen LogP contribution in [-0.4, -0.2) is 51.0 Å². The Bertz CT molecular complexity index is 604. The number of nitrogens with one attached hydrogen (secondary N) is 1. The number of hydrogen-bond donors (Lipinski definition) is 3. The molecule has 0 spiro atoms. The molecular weight excluding hydrogens is 366 g/mol. The fourth-order valence-electron chi connectivity index (χ4n) is 1.56. The zero-order chi connectivity index (χ0) is 16.0. The molecule has 0 heterocycles. The van der Waals surface area contributed by atoms with E-state index in [1.165, 1.54) is 19.2 Å². The number of aliphatic hydroxyl groups is 1. The van der Waals surface area contributed by atoms with Crippen molar-refractivity contribution in [3.05, 3.63) is 28.2 Å². The Balaban J connectivity index is 2.83. The summed E-state index contributed by atoms with van der Waals surface area (Å²) < 4.78 is 31.5. The normalized spacial score (nSPS) is 13.1. The number of aliphatic hydroxyl groups excluding tert-OH is 1. The number of carbonyl (C=O) groups is 1. The maximum atomic E-state index is 12.1. The first-order valence-electron chi connectivity index (χ1n) is 5.97. The van der Waals surface area contributed by atoms with Crippen molar-refractivity contribution in [1.29, 1.82) is 0 Å². The molecule has 0 aliphatic rings. The highest BCUT2D eigenvalue weighted by molar-refractivity contribution is 9.10. The van der Waals surface area contributed by atoms with Crippen molar-refractivity contribution in [2.75, 3.05) is 20.3 Å². The van der Waals surface area contributed by atoms with Gasteiger partial charge in [-0.15, -0.1) is 0 Å². The highest BCUT2D eigenvalue weighted by Gasteiger charge is 2.19. The molecule has 0 saturated carbocycles. The van der Waals surface area contributed by atoms with E-state index in [1.54, 1.807) is 0 Å². The third-order valence-corrected chi connectivity index (χ3v) is 5.05. The van der Waals surface area contributed by atoms with Crippen LogP contribution in [0.25, 0.3) is 0 Å². The van der Waals surface area contributed by atoms with Gasteiger partial charge >= 0.3 is 5.97 Å². The van der Waals surface area contributed by atoms with Crippen LogP contribution in [0.5, 0.6) is 0 Å².